The van der Waals surface area contributed by atoms with Crippen molar-refractivity contribution in [3.63, 3.8) is 0 Å². The number of hydrogen-bond donors (Lipinski definition) is 1. The van der Waals surface area contributed by atoms with Gasteiger partial charge in [0.1, 0.15) is 0 Å². The molecule has 2 fully saturated rings. The molecule has 0 bridgehead atoms. The van der Waals surface area contributed by atoms with Gasteiger partial charge in [-0.05, 0) is 56.4 Å². The lowest BCUT2D eigenvalue weighted by molar-refractivity contribution is -0.136. The minimum atomic E-state index is 0.223. The summed E-state index contributed by atoms with van der Waals surface area (Å²) >= 11 is 0. The smallest absolute Gasteiger partial charge is 0.226 e. The van der Waals surface area contributed by atoms with Crippen molar-refractivity contribution in [2.24, 2.45) is 29.4 Å². The molecule has 2 N–H and O–H groups in total. The lowest BCUT2D eigenvalue weighted by Gasteiger charge is -2.27. The summed E-state index contributed by atoms with van der Waals surface area (Å²) in [7, 11) is 0. The van der Waals surface area contributed by atoms with E-state index >= 15 is 0 Å². The third-order valence-electron chi connectivity index (χ3n) is 5.31. The molecular formula is C16H30N2O. The third-order valence-corrected chi connectivity index (χ3v) is 5.31. The Morgan fingerprint density at radius 3 is 2.63 bits per heavy atom. The Balaban J connectivity index is 1.92. The fourth-order valence-corrected chi connectivity index (χ4v) is 3.89. The predicted octanol–water partition coefficient (Wildman–Crippen LogP) is 2.65. The summed E-state index contributed by atoms with van der Waals surface area (Å²) in [6.07, 6.45) is 7.03. The van der Waals surface area contributed by atoms with Crippen molar-refractivity contribution in [3.8, 4) is 0 Å². The highest BCUT2D eigenvalue weighted by Gasteiger charge is 2.35. The summed E-state index contributed by atoms with van der Waals surface area (Å²) in [4.78, 5) is 14.8. The lowest BCUT2D eigenvalue weighted by atomic mass is 9.89. The van der Waals surface area contributed by atoms with E-state index in [0.717, 1.165) is 37.8 Å². The van der Waals surface area contributed by atoms with Gasteiger partial charge in [-0.25, -0.2) is 0 Å². The van der Waals surface area contributed by atoms with Gasteiger partial charge >= 0.3 is 0 Å². The number of nitrogens with two attached hydrogens (primary N) is 1. The van der Waals surface area contributed by atoms with Crippen molar-refractivity contribution in [1.29, 1.82) is 0 Å². The van der Waals surface area contributed by atoms with E-state index in [0.29, 0.717) is 18.4 Å². The van der Waals surface area contributed by atoms with E-state index in [1.165, 1.54) is 25.7 Å². The van der Waals surface area contributed by atoms with E-state index in [1.807, 2.05) is 0 Å². The number of likely N-dealkylation sites (tertiary alicyclic amines) is 1. The fourth-order valence-electron chi connectivity index (χ4n) is 3.89. The SMILES string of the molecule is CC(C)C1CCCN(C(=O)C2CCCC2CN)CC1. The van der Waals surface area contributed by atoms with E-state index in [4.69, 9.17) is 5.73 Å². The second-order valence-corrected chi connectivity index (χ2v) is 6.79. The van der Waals surface area contributed by atoms with E-state index in [-0.39, 0.29) is 5.92 Å². The van der Waals surface area contributed by atoms with Crippen LogP contribution in [0.4, 0.5) is 0 Å². The van der Waals surface area contributed by atoms with Gasteiger partial charge in [-0.3, -0.25) is 4.79 Å². The molecule has 0 aromatic rings. The van der Waals surface area contributed by atoms with Gasteiger partial charge in [0, 0.05) is 19.0 Å². The monoisotopic (exact) mass is 266 g/mol. The van der Waals surface area contributed by atoms with E-state index < -0.39 is 0 Å². The van der Waals surface area contributed by atoms with Crippen molar-refractivity contribution in [3.05, 3.63) is 0 Å². The predicted molar refractivity (Wildman–Crippen MR) is 78.6 cm³/mol. The van der Waals surface area contributed by atoms with E-state index in [2.05, 4.69) is 18.7 Å². The first kappa shape index (κ1) is 14.8. The quantitative estimate of drug-likeness (QED) is 0.853. The largest absolute Gasteiger partial charge is 0.342 e. The topological polar surface area (TPSA) is 46.3 Å². The molecule has 0 spiro atoms. The van der Waals surface area contributed by atoms with Crippen LogP contribution in [0.15, 0.2) is 0 Å². The third kappa shape index (κ3) is 3.50. The molecule has 0 aromatic carbocycles. The van der Waals surface area contributed by atoms with Crippen LogP contribution >= 0.6 is 0 Å². The van der Waals surface area contributed by atoms with Crippen LogP contribution in [-0.4, -0.2) is 30.4 Å². The zero-order valence-electron chi connectivity index (χ0n) is 12.6. The molecule has 3 nitrogen and oxygen atoms in total. The van der Waals surface area contributed by atoms with Gasteiger partial charge in [0.25, 0.3) is 0 Å². The molecule has 1 saturated heterocycles. The first-order valence-corrected chi connectivity index (χ1v) is 8.12. The molecule has 1 saturated carbocycles. The minimum Gasteiger partial charge on any atom is -0.342 e. The lowest BCUT2D eigenvalue weighted by Crippen LogP contribution is -2.39. The van der Waals surface area contributed by atoms with Crippen LogP contribution in [0.1, 0.15) is 52.4 Å². The normalized spacial score (nSPS) is 32.6. The summed E-state index contributed by atoms with van der Waals surface area (Å²) in [6, 6.07) is 0. The van der Waals surface area contributed by atoms with Gasteiger partial charge in [0.05, 0.1) is 0 Å². The maximum Gasteiger partial charge on any atom is 0.226 e. The fraction of sp³-hybridized carbons (Fsp3) is 0.938. The van der Waals surface area contributed by atoms with Gasteiger partial charge in [-0.2, -0.15) is 0 Å². The van der Waals surface area contributed by atoms with Gasteiger partial charge in [0.15, 0.2) is 0 Å². The molecule has 0 radical (unpaired) electrons. The van der Waals surface area contributed by atoms with Crippen LogP contribution < -0.4 is 5.73 Å². The highest BCUT2D eigenvalue weighted by molar-refractivity contribution is 5.79. The van der Waals surface area contributed by atoms with Crippen molar-refractivity contribution >= 4 is 5.91 Å². The van der Waals surface area contributed by atoms with Gasteiger partial charge < -0.3 is 10.6 Å². The molecule has 19 heavy (non-hydrogen) atoms. The van der Waals surface area contributed by atoms with E-state index in [9.17, 15) is 4.79 Å². The molecule has 1 amide bonds. The summed E-state index contributed by atoms with van der Waals surface area (Å²) in [5, 5.41) is 0. The Bertz CT molecular complexity index is 303. The van der Waals surface area contributed by atoms with Gasteiger partial charge in [-0.1, -0.05) is 20.3 Å². The van der Waals surface area contributed by atoms with Crippen molar-refractivity contribution in [2.45, 2.75) is 52.4 Å². The molecule has 0 aromatic heterocycles. The molecule has 3 atom stereocenters. The number of hydrogen-bond acceptors (Lipinski definition) is 2. The second kappa shape index (κ2) is 6.74. The Morgan fingerprint density at radius 1 is 1.16 bits per heavy atom. The average molecular weight is 266 g/mol. The van der Waals surface area contributed by atoms with Gasteiger partial charge in [0.2, 0.25) is 5.91 Å². The molecule has 1 aliphatic heterocycles. The number of carbonyl (C=O) groups excluding carboxylic acids is 1. The Labute approximate surface area is 117 Å². The second-order valence-electron chi connectivity index (χ2n) is 6.79. The molecule has 3 unspecified atom stereocenters. The van der Waals surface area contributed by atoms with Crippen molar-refractivity contribution in [1.82, 2.24) is 4.90 Å². The summed E-state index contributed by atoms with van der Waals surface area (Å²) < 4.78 is 0. The van der Waals surface area contributed by atoms with Crippen LogP contribution in [0, 0.1) is 23.7 Å². The molecule has 110 valence electrons. The van der Waals surface area contributed by atoms with Crippen LogP contribution in [0.5, 0.6) is 0 Å². The summed E-state index contributed by atoms with van der Waals surface area (Å²) in [5.74, 6) is 2.61. The Kier molecular flexibility index (Phi) is 5.26. The highest BCUT2D eigenvalue weighted by atomic mass is 16.2. The number of rotatable bonds is 3. The molecular weight excluding hydrogens is 236 g/mol. The average Bonchev–Trinajstić information content (AvgIpc) is 2.73. The van der Waals surface area contributed by atoms with E-state index in [1.54, 1.807) is 0 Å². The Morgan fingerprint density at radius 2 is 1.95 bits per heavy atom. The van der Waals surface area contributed by atoms with Crippen LogP contribution in [0.2, 0.25) is 0 Å². The first-order valence-electron chi connectivity index (χ1n) is 8.12. The van der Waals surface area contributed by atoms with Crippen LogP contribution in [0.3, 0.4) is 0 Å². The number of nitrogens with zero attached hydrogens (tertiary/aromatic N) is 1. The molecule has 1 heterocycles. The highest BCUT2D eigenvalue weighted by Crippen LogP contribution is 2.33. The Hall–Kier alpha value is -0.570. The number of carbonyl (C=O) groups is 1. The maximum atomic E-state index is 12.7. The zero-order chi connectivity index (χ0) is 13.8. The standard InChI is InChI=1S/C16H30N2O/c1-12(2)13-6-4-9-18(10-8-13)16(19)15-7-3-5-14(15)11-17/h12-15H,3-11,17H2,1-2H3. The maximum absolute atomic E-state index is 12.7. The van der Waals surface area contributed by atoms with Crippen molar-refractivity contribution in [2.75, 3.05) is 19.6 Å². The zero-order valence-corrected chi connectivity index (χ0v) is 12.6. The molecule has 2 aliphatic rings. The molecule has 3 heteroatoms. The molecule has 2 rings (SSSR count). The van der Waals surface area contributed by atoms with Gasteiger partial charge in [-0.15, -0.1) is 0 Å². The van der Waals surface area contributed by atoms with Crippen LogP contribution in [-0.2, 0) is 4.79 Å². The van der Waals surface area contributed by atoms with Crippen LogP contribution in [0.25, 0.3) is 0 Å². The summed E-state index contributed by atoms with van der Waals surface area (Å²) in [6.45, 7) is 7.23. The molecule has 1 aliphatic carbocycles. The minimum absolute atomic E-state index is 0.223. The number of amides is 1. The van der Waals surface area contributed by atoms with Crippen molar-refractivity contribution < 1.29 is 4.79 Å². The first-order chi connectivity index (χ1) is 9.13. The summed E-state index contributed by atoms with van der Waals surface area (Å²) in [5.41, 5.74) is 5.81.